The Kier molecular flexibility index (Phi) is 4.70. The van der Waals surface area contributed by atoms with E-state index in [-0.39, 0.29) is 16.0 Å². The normalized spacial score (nSPS) is 18.0. The molecule has 0 aliphatic carbocycles. The highest BCUT2D eigenvalue weighted by Gasteiger charge is 2.47. The molecule has 0 fully saturated rings. The summed E-state index contributed by atoms with van der Waals surface area (Å²) in [6, 6.07) is 6.27. The number of fused-ring (bicyclic) bond motifs is 1. The Morgan fingerprint density at radius 1 is 1.11 bits per heavy atom. The van der Waals surface area contributed by atoms with Crippen molar-refractivity contribution in [3.05, 3.63) is 64.7 Å². The van der Waals surface area contributed by atoms with Crippen molar-refractivity contribution in [1.82, 2.24) is 4.31 Å². The number of carbonyl (C=O) groups is 2. The first-order chi connectivity index (χ1) is 12.9. The zero-order valence-corrected chi connectivity index (χ0v) is 15.2. The largest absolute Gasteiger partial charge is 0.481 e. The summed E-state index contributed by atoms with van der Waals surface area (Å²) in [6.07, 6.45) is -5.28. The number of amides is 1. The maximum Gasteiger partial charge on any atom is 0.416 e. The molecular weight excluding hydrogens is 399 g/mol. The van der Waals surface area contributed by atoms with Crippen LogP contribution in [0.15, 0.2) is 47.4 Å². The molecule has 3 rings (SSSR count). The van der Waals surface area contributed by atoms with Gasteiger partial charge >= 0.3 is 12.1 Å². The summed E-state index contributed by atoms with van der Waals surface area (Å²) in [7, 11) is -4.36. The van der Waals surface area contributed by atoms with Crippen molar-refractivity contribution in [3.63, 3.8) is 0 Å². The molecule has 0 saturated heterocycles. The second-order valence-electron chi connectivity index (χ2n) is 6.29. The van der Waals surface area contributed by atoms with Crippen molar-refractivity contribution >= 4 is 21.9 Å². The predicted octanol–water partition coefficient (Wildman–Crippen LogP) is 3.37. The number of aliphatic carboxylic acids is 1. The zero-order valence-electron chi connectivity index (χ0n) is 14.4. The van der Waals surface area contributed by atoms with Crippen LogP contribution in [0.5, 0.6) is 0 Å². The first kappa shape index (κ1) is 19.9. The summed E-state index contributed by atoms with van der Waals surface area (Å²) >= 11 is 0. The minimum Gasteiger partial charge on any atom is -0.481 e. The Labute approximate surface area is 158 Å². The molecular formula is C18H14F3NO5S. The highest BCUT2D eigenvalue weighted by Crippen LogP contribution is 2.43. The number of sulfonamides is 1. The zero-order chi connectivity index (χ0) is 20.9. The SMILES string of the molecule is Cc1cccc2c1S(=O)(=O)N(C(=O)c1ccc(C(F)(F)F)cc1)C2CC(=O)O. The maximum atomic E-state index is 13.0. The molecule has 1 aliphatic rings. The fraction of sp³-hybridized carbons (Fsp3) is 0.222. The van der Waals surface area contributed by atoms with Gasteiger partial charge in [-0.1, -0.05) is 18.2 Å². The molecule has 0 radical (unpaired) electrons. The number of nitrogens with zero attached hydrogens (tertiary/aromatic N) is 1. The van der Waals surface area contributed by atoms with Crippen LogP contribution in [0.25, 0.3) is 0 Å². The van der Waals surface area contributed by atoms with E-state index in [1.807, 2.05) is 0 Å². The van der Waals surface area contributed by atoms with Gasteiger partial charge in [-0.3, -0.25) is 9.59 Å². The van der Waals surface area contributed by atoms with Crippen LogP contribution < -0.4 is 0 Å². The van der Waals surface area contributed by atoms with Crippen LogP contribution in [-0.2, 0) is 21.0 Å². The number of alkyl halides is 3. The highest BCUT2D eigenvalue weighted by atomic mass is 32.2. The van der Waals surface area contributed by atoms with Gasteiger partial charge in [0.25, 0.3) is 15.9 Å². The summed E-state index contributed by atoms with van der Waals surface area (Å²) < 4.78 is 64.5. The monoisotopic (exact) mass is 413 g/mol. The number of carboxylic acid groups (broad SMARTS) is 1. The molecule has 1 amide bonds. The van der Waals surface area contributed by atoms with Crippen molar-refractivity contribution in [2.24, 2.45) is 0 Å². The third kappa shape index (κ3) is 3.24. The van der Waals surface area contributed by atoms with Crippen LogP contribution >= 0.6 is 0 Å². The standard InChI is InChI=1S/C18H14F3NO5S/c1-10-3-2-4-13-14(9-15(23)24)22(28(26,27)16(10)13)17(25)11-5-7-12(8-6-11)18(19,20)21/h2-8,14H,9H2,1H3,(H,23,24). The van der Waals surface area contributed by atoms with E-state index in [0.29, 0.717) is 22.0 Å². The Balaban J connectivity index is 2.10. The average Bonchev–Trinajstić information content (AvgIpc) is 2.81. The molecule has 0 spiro atoms. The maximum absolute atomic E-state index is 13.0. The molecule has 28 heavy (non-hydrogen) atoms. The number of aryl methyl sites for hydroxylation is 1. The van der Waals surface area contributed by atoms with Gasteiger partial charge in [0, 0.05) is 5.56 Å². The molecule has 6 nitrogen and oxygen atoms in total. The number of halogens is 3. The molecule has 1 aliphatic heterocycles. The van der Waals surface area contributed by atoms with Crippen LogP contribution in [0.1, 0.15) is 39.5 Å². The molecule has 10 heteroatoms. The minimum absolute atomic E-state index is 0.151. The fourth-order valence-electron chi connectivity index (χ4n) is 3.22. The molecule has 1 unspecified atom stereocenters. The molecule has 1 N–H and O–H groups in total. The van der Waals surface area contributed by atoms with Crippen LogP contribution in [0.2, 0.25) is 0 Å². The topological polar surface area (TPSA) is 91.8 Å². The van der Waals surface area contributed by atoms with E-state index >= 15 is 0 Å². The number of carbonyl (C=O) groups excluding carboxylic acids is 1. The van der Waals surface area contributed by atoms with Gasteiger partial charge in [-0.2, -0.15) is 13.2 Å². The highest BCUT2D eigenvalue weighted by molar-refractivity contribution is 7.90. The number of carboxylic acids is 1. The van der Waals surface area contributed by atoms with Crippen LogP contribution in [-0.4, -0.2) is 29.7 Å². The van der Waals surface area contributed by atoms with Crippen LogP contribution in [0.3, 0.4) is 0 Å². The van der Waals surface area contributed by atoms with Gasteiger partial charge in [0.2, 0.25) is 0 Å². The molecule has 1 heterocycles. The van der Waals surface area contributed by atoms with Gasteiger partial charge in [-0.25, -0.2) is 12.7 Å². The number of rotatable bonds is 3. The molecule has 2 aromatic carbocycles. The second-order valence-corrected chi connectivity index (χ2v) is 8.04. The van der Waals surface area contributed by atoms with Crippen molar-refractivity contribution in [3.8, 4) is 0 Å². The average molecular weight is 413 g/mol. The van der Waals surface area contributed by atoms with E-state index in [4.69, 9.17) is 0 Å². The molecule has 0 aromatic heterocycles. The lowest BCUT2D eigenvalue weighted by Crippen LogP contribution is -2.35. The van der Waals surface area contributed by atoms with Crippen LogP contribution in [0.4, 0.5) is 13.2 Å². The van der Waals surface area contributed by atoms with Crippen LogP contribution in [0, 0.1) is 6.92 Å². The molecule has 2 aromatic rings. The van der Waals surface area contributed by atoms with Gasteiger partial charge in [0.05, 0.1) is 22.9 Å². The fourth-order valence-corrected chi connectivity index (χ4v) is 5.24. The van der Waals surface area contributed by atoms with Gasteiger partial charge < -0.3 is 5.11 Å². The van der Waals surface area contributed by atoms with Gasteiger partial charge in [0.15, 0.2) is 0 Å². The lowest BCUT2D eigenvalue weighted by molar-refractivity contribution is -0.138. The lowest BCUT2D eigenvalue weighted by atomic mass is 10.0. The van der Waals surface area contributed by atoms with E-state index in [1.165, 1.54) is 19.1 Å². The molecule has 0 bridgehead atoms. The molecule has 0 saturated carbocycles. The van der Waals surface area contributed by atoms with Crippen molar-refractivity contribution in [2.75, 3.05) is 0 Å². The Hall–Kier alpha value is -2.88. The summed E-state index contributed by atoms with van der Waals surface area (Å²) in [4.78, 5) is 24.0. The number of hydrogen-bond donors (Lipinski definition) is 1. The van der Waals surface area contributed by atoms with E-state index in [0.717, 1.165) is 12.1 Å². The number of hydrogen-bond acceptors (Lipinski definition) is 4. The van der Waals surface area contributed by atoms with E-state index < -0.39 is 46.1 Å². The third-order valence-electron chi connectivity index (χ3n) is 4.43. The Morgan fingerprint density at radius 3 is 2.25 bits per heavy atom. The molecule has 1 atom stereocenters. The third-order valence-corrected chi connectivity index (χ3v) is 6.44. The quantitative estimate of drug-likeness (QED) is 0.833. The predicted molar refractivity (Wildman–Crippen MR) is 91.0 cm³/mol. The summed E-state index contributed by atoms with van der Waals surface area (Å²) in [5.74, 6) is -2.41. The van der Waals surface area contributed by atoms with Crippen molar-refractivity contribution in [2.45, 2.75) is 30.5 Å². The smallest absolute Gasteiger partial charge is 0.416 e. The summed E-state index contributed by atoms with van der Waals surface area (Å²) in [5.41, 5.74) is -0.773. The number of benzene rings is 2. The summed E-state index contributed by atoms with van der Waals surface area (Å²) in [6.45, 7) is 1.51. The van der Waals surface area contributed by atoms with Crippen molar-refractivity contribution in [1.29, 1.82) is 0 Å². The molecule has 148 valence electrons. The first-order valence-electron chi connectivity index (χ1n) is 8.02. The van der Waals surface area contributed by atoms with E-state index in [2.05, 4.69) is 0 Å². The second kappa shape index (κ2) is 6.62. The van der Waals surface area contributed by atoms with E-state index in [9.17, 15) is 36.3 Å². The lowest BCUT2D eigenvalue weighted by Gasteiger charge is -2.22. The Morgan fingerprint density at radius 2 is 1.71 bits per heavy atom. The summed E-state index contributed by atoms with van der Waals surface area (Å²) in [5, 5.41) is 9.18. The van der Waals surface area contributed by atoms with Gasteiger partial charge in [0.1, 0.15) is 0 Å². The van der Waals surface area contributed by atoms with Gasteiger partial charge in [-0.15, -0.1) is 0 Å². The van der Waals surface area contributed by atoms with Crippen molar-refractivity contribution < 1.29 is 36.3 Å². The van der Waals surface area contributed by atoms with E-state index in [1.54, 1.807) is 6.07 Å². The van der Waals surface area contributed by atoms with Gasteiger partial charge in [-0.05, 0) is 42.3 Å². The Bertz CT molecular complexity index is 1060. The minimum atomic E-state index is -4.61. The first-order valence-corrected chi connectivity index (χ1v) is 9.46.